The third kappa shape index (κ3) is 4.30. The highest BCUT2D eigenvalue weighted by Crippen LogP contribution is 2.39. The summed E-state index contributed by atoms with van der Waals surface area (Å²) in [4.78, 5) is 20.3. The van der Waals surface area contributed by atoms with Crippen molar-refractivity contribution >= 4 is 27.7 Å². The lowest BCUT2D eigenvalue weighted by atomic mass is 10.0. The predicted molar refractivity (Wildman–Crippen MR) is 101 cm³/mol. The van der Waals surface area contributed by atoms with Crippen LogP contribution in [0.4, 0.5) is 19.0 Å². The average Bonchev–Trinajstić information content (AvgIpc) is 2.68. The van der Waals surface area contributed by atoms with Crippen LogP contribution < -0.4 is 10.1 Å². The number of hydrogen-bond donors (Lipinski definition) is 1. The fourth-order valence-corrected chi connectivity index (χ4v) is 2.75. The van der Waals surface area contributed by atoms with Gasteiger partial charge in [0.1, 0.15) is 11.6 Å². The second-order valence-corrected chi connectivity index (χ2v) is 6.54. The molecule has 5 nitrogen and oxygen atoms in total. The van der Waals surface area contributed by atoms with E-state index in [0.717, 1.165) is 10.5 Å². The molecule has 0 saturated heterocycles. The lowest BCUT2D eigenvalue weighted by molar-refractivity contribution is -0.137. The molecule has 1 amide bonds. The molecular weight excluding hydrogens is 439 g/mol. The first kappa shape index (κ1) is 19.8. The molecule has 0 radical (unpaired) electrons. The van der Waals surface area contributed by atoms with Gasteiger partial charge in [-0.15, -0.1) is 0 Å². The van der Waals surface area contributed by atoms with Crippen molar-refractivity contribution in [2.24, 2.45) is 0 Å². The SMILES string of the molecule is COc1cc(C(=O)Nc2ccc(Br)cn2)ccc1-c1ncccc1C(F)(F)F. The van der Waals surface area contributed by atoms with Gasteiger partial charge in [0.15, 0.2) is 0 Å². The minimum absolute atomic E-state index is 0.0978. The van der Waals surface area contributed by atoms with E-state index in [0.29, 0.717) is 5.82 Å². The van der Waals surface area contributed by atoms with Gasteiger partial charge in [0.2, 0.25) is 0 Å². The normalized spacial score (nSPS) is 11.2. The van der Waals surface area contributed by atoms with Crippen molar-refractivity contribution in [3.63, 3.8) is 0 Å². The molecule has 2 heterocycles. The number of benzene rings is 1. The van der Waals surface area contributed by atoms with Gasteiger partial charge in [0.25, 0.3) is 5.91 Å². The van der Waals surface area contributed by atoms with E-state index < -0.39 is 17.6 Å². The third-order valence-electron chi connectivity index (χ3n) is 3.80. The molecule has 0 saturated carbocycles. The maximum atomic E-state index is 13.3. The Balaban J connectivity index is 1.95. The zero-order chi connectivity index (χ0) is 20.3. The van der Waals surface area contributed by atoms with Crippen LogP contribution in [0, 0.1) is 0 Å². The topological polar surface area (TPSA) is 64.1 Å². The third-order valence-corrected chi connectivity index (χ3v) is 4.27. The molecule has 3 aromatic rings. The van der Waals surface area contributed by atoms with Crippen LogP contribution in [-0.4, -0.2) is 23.0 Å². The summed E-state index contributed by atoms with van der Waals surface area (Å²) in [5.41, 5.74) is -0.818. The van der Waals surface area contributed by atoms with Gasteiger partial charge >= 0.3 is 6.18 Å². The Hall–Kier alpha value is -2.94. The number of ether oxygens (including phenoxy) is 1. The maximum absolute atomic E-state index is 13.3. The molecule has 2 aromatic heterocycles. The van der Waals surface area contributed by atoms with Gasteiger partial charge in [0, 0.05) is 28.0 Å². The second-order valence-electron chi connectivity index (χ2n) is 5.63. The molecule has 9 heteroatoms. The molecule has 0 fully saturated rings. The fraction of sp³-hybridized carbons (Fsp3) is 0.105. The fourth-order valence-electron chi connectivity index (χ4n) is 2.52. The Labute approximate surface area is 166 Å². The number of halogens is 4. The number of nitrogens with one attached hydrogen (secondary N) is 1. The van der Waals surface area contributed by atoms with Gasteiger partial charge in [-0.2, -0.15) is 13.2 Å². The van der Waals surface area contributed by atoms with Crippen LogP contribution in [0.1, 0.15) is 15.9 Å². The van der Waals surface area contributed by atoms with E-state index in [2.05, 4.69) is 31.2 Å². The van der Waals surface area contributed by atoms with Crippen LogP contribution in [0.2, 0.25) is 0 Å². The van der Waals surface area contributed by atoms with Gasteiger partial charge in [-0.25, -0.2) is 4.98 Å². The van der Waals surface area contributed by atoms with E-state index in [4.69, 9.17) is 4.74 Å². The number of anilines is 1. The Kier molecular flexibility index (Phi) is 5.64. The quantitative estimate of drug-likeness (QED) is 0.592. The van der Waals surface area contributed by atoms with E-state index in [1.54, 1.807) is 12.1 Å². The van der Waals surface area contributed by atoms with E-state index in [9.17, 15) is 18.0 Å². The van der Waals surface area contributed by atoms with E-state index in [-0.39, 0.29) is 22.6 Å². The van der Waals surface area contributed by atoms with Crippen LogP contribution in [0.3, 0.4) is 0 Å². The molecule has 3 rings (SSSR count). The number of carbonyl (C=O) groups excluding carboxylic acids is 1. The van der Waals surface area contributed by atoms with Crippen LogP contribution >= 0.6 is 15.9 Å². The first-order chi connectivity index (χ1) is 13.3. The van der Waals surface area contributed by atoms with Crippen LogP contribution in [0.15, 0.2) is 59.3 Å². The number of nitrogens with zero attached hydrogens (tertiary/aromatic N) is 2. The number of aromatic nitrogens is 2. The molecule has 1 aromatic carbocycles. The van der Waals surface area contributed by atoms with Gasteiger partial charge < -0.3 is 10.1 Å². The monoisotopic (exact) mass is 451 g/mol. The Morgan fingerprint density at radius 1 is 1.14 bits per heavy atom. The van der Waals surface area contributed by atoms with Crippen molar-refractivity contribution in [1.29, 1.82) is 0 Å². The van der Waals surface area contributed by atoms with Crippen molar-refractivity contribution < 1.29 is 22.7 Å². The number of alkyl halides is 3. The standard InChI is InChI=1S/C19H13BrF3N3O2/c1-28-15-9-11(18(27)26-16-7-5-12(20)10-25-16)4-6-13(15)17-14(19(21,22)23)3-2-8-24-17/h2-10H,1H3,(H,25,26,27). The molecular formula is C19H13BrF3N3O2. The molecule has 0 atom stereocenters. The van der Waals surface area contributed by atoms with E-state index in [1.165, 1.54) is 43.8 Å². The Morgan fingerprint density at radius 2 is 1.93 bits per heavy atom. The summed E-state index contributed by atoms with van der Waals surface area (Å²) in [6.07, 6.45) is -1.78. The first-order valence-electron chi connectivity index (χ1n) is 7.93. The van der Waals surface area contributed by atoms with E-state index >= 15 is 0 Å². The number of hydrogen-bond acceptors (Lipinski definition) is 4. The summed E-state index contributed by atoms with van der Waals surface area (Å²) >= 11 is 3.25. The number of amides is 1. The predicted octanol–water partition coefficient (Wildman–Crippen LogP) is 5.19. The van der Waals surface area contributed by atoms with Crippen molar-refractivity contribution in [2.45, 2.75) is 6.18 Å². The van der Waals surface area contributed by atoms with Gasteiger partial charge in [-0.1, -0.05) is 0 Å². The van der Waals surface area contributed by atoms with Crippen molar-refractivity contribution in [2.75, 3.05) is 12.4 Å². The summed E-state index contributed by atoms with van der Waals surface area (Å²) in [7, 11) is 1.31. The average molecular weight is 452 g/mol. The zero-order valence-corrected chi connectivity index (χ0v) is 16.0. The number of carbonyl (C=O) groups is 1. The summed E-state index contributed by atoms with van der Waals surface area (Å²) in [6, 6.07) is 9.62. The lowest BCUT2D eigenvalue weighted by Crippen LogP contribution is -2.13. The van der Waals surface area contributed by atoms with Crippen molar-refractivity contribution in [1.82, 2.24) is 9.97 Å². The summed E-state index contributed by atoms with van der Waals surface area (Å²) in [6.45, 7) is 0. The van der Waals surface area contributed by atoms with Crippen LogP contribution in [-0.2, 0) is 6.18 Å². The number of methoxy groups -OCH3 is 1. The smallest absolute Gasteiger partial charge is 0.418 e. The van der Waals surface area contributed by atoms with Crippen LogP contribution in [0.5, 0.6) is 5.75 Å². The second kappa shape index (κ2) is 7.97. The minimum Gasteiger partial charge on any atom is -0.496 e. The van der Waals surface area contributed by atoms with Gasteiger partial charge in [-0.3, -0.25) is 9.78 Å². The highest BCUT2D eigenvalue weighted by atomic mass is 79.9. The summed E-state index contributed by atoms with van der Waals surface area (Å²) in [5.74, 6) is -0.0438. The van der Waals surface area contributed by atoms with Gasteiger partial charge in [-0.05, 0) is 58.4 Å². The Bertz CT molecular complexity index is 1010. The lowest BCUT2D eigenvalue weighted by Gasteiger charge is -2.15. The van der Waals surface area contributed by atoms with Crippen molar-refractivity contribution in [3.05, 3.63) is 70.5 Å². The molecule has 0 bridgehead atoms. The number of rotatable bonds is 4. The minimum atomic E-state index is -4.57. The van der Waals surface area contributed by atoms with Gasteiger partial charge in [0.05, 0.1) is 18.4 Å². The summed E-state index contributed by atoms with van der Waals surface area (Å²) in [5, 5.41) is 2.61. The molecule has 144 valence electrons. The molecule has 0 aliphatic rings. The molecule has 1 N–H and O–H groups in total. The summed E-state index contributed by atoms with van der Waals surface area (Å²) < 4.78 is 45.8. The Morgan fingerprint density at radius 3 is 2.57 bits per heavy atom. The highest BCUT2D eigenvalue weighted by Gasteiger charge is 2.35. The molecule has 0 spiro atoms. The largest absolute Gasteiger partial charge is 0.496 e. The molecule has 28 heavy (non-hydrogen) atoms. The van der Waals surface area contributed by atoms with Crippen LogP contribution in [0.25, 0.3) is 11.3 Å². The first-order valence-corrected chi connectivity index (χ1v) is 8.72. The zero-order valence-electron chi connectivity index (χ0n) is 14.4. The molecule has 0 aliphatic heterocycles. The highest BCUT2D eigenvalue weighted by molar-refractivity contribution is 9.10. The number of pyridine rings is 2. The van der Waals surface area contributed by atoms with Crippen molar-refractivity contribution in [3.8, 4) is 17.0 Å². The molecule has 0 unspecified atom stereocenters. The van der Waals surface area contributed by atoms with E-state index in [1.807, 2.05) is 0 Å². The maximum Gasteiger partial charge on any atom is 0.418 e. The molecule has 0 aliphatic carbocycles.